The zero-order chi connectivity index (χ0) is 12.8. The highest BCUT2D eigenvalue weighted by Crippen LogP contribution is 2.20. The highest BCUT2D eigenvalue weighted by atomic mass is 16.5. The molecule has 0 aliphatic heterocycles. The number of nitrogens with zero attached hydrogens (tertiary/aromatic N) is 2. The molecule has 0 saturated heterocycles. The molecule has 94 valence electrons. The second kappa shape index (κ2) is 6.12. The third kappa shape index (κ3) is 3.05. The molecule has 0 amide bonds. The van der Waals surface area contributed by atoms with Crippen LogP contribution in [0.2, 0.25) is 0 Å². The van der Waals surface area contributed by atoms with Gasteiger partial charge in [0.05, 0.1) is 7.11 Å². The van der Waals surface area contributed by atoms with Crippen molar-refractivity contribution < 1.29 is 4.74 Å². The second-order valence-electron chi connectivity index (χ2n) is 3.93. The van der Waals surface area contributed by atoms with Crippen molar-refractivity contribution in [1.29, 1.82) is 0 Å². The minimum atomic E-state index is 0.717. The van der Waals surface area contributed by atoms with Crippen molar-refractivity contribution in [2.45, 2.75) is 13.5 Å². The average molecular weight is 243 g/mol. The number of benzene rings is 1. The molecule has 18 heavy (non-hydrogen) atoms. The topological polar surface area (TPSA) is 47.0 Å². The summed E-state index contributed by atoms with van der Waals surface area (Å²) in [5, 5.41) is 3.24. The van der Waals surface area contributed by atoms with Crippen LogP contribution in [0.25, 0.3) is 11.4 Å². The zero-order valence-electron chi connectivity index (χ0n) is 10.7. The molecule has 0 fully saturated rings. The molecule has 1 aromatic heterocycles. The summed E-state index contributed by atoms with van der Waals surface area (Å²) >= 11 is 0. The fraction of sp³-hybridized carbons (Fsp3) is 0.286. The van der Waals surface area contributed by atoms with Crippen LogP contribution in [-0.4, -0.2) is 23.6 Å². The summed E-state index contributed by atoms with van der Waals surface area (Å²) in [6.07, 6.45) is 3.70. The van der Waals surface area contributed by atoms with Gasteiger partial charge in [0, 0.05) is 30.1 Å². The fourth-order valence-corrected chi connectivity index (χ4v) is 1.63. The number of hydrogen-bond donors (Lipinski definition) is 1. The summed E-state index contributed by atoms with van der Waals surface area (Å²) in [5.41, 5.74) is 2.05. The molecule has 2 aromatic rings. The molecule has 0 saturated carbocycles. The van der Waals surface area contributed by atoms with Crippen LogP contribution < -0.4 is 10.1 Å². The Bertz CT molecular complexity index is 497. The maximum Gasteiger partial charge on any atom is 0.159 e. The van der Waals surface area contributed by atoms with Crippen molar-refractivity contribution in [1.82, 2.24) is 15.3 Å². The van der Waals surface area contributed by atoms with Gasteiger partial charge in [-0.3, -0.25) is 0 Å². The predicted octanol–water partition coefficient (Wildman–Crippen LogP) is 2.26. The average Bonchev–Trinajstić information content (AvgIpc) is 2.46. The van der Waals surface area contributed by atoms with Crippen molar-refractivity contribution >= 4 is 0 Å². The van der Waals surface area contributed by atoms with Gasteiger partial charge in [-0.05, 0) is 18.7 Å². The summed E-state index contributed by atoms with van der Waals surface area (Å²) in [5.74, 6) is 1.53. The van der Waals surface area contributed by atoms with E-state index in [0.29, 0.717) is 5.82 Å². The first-order valence-electron chi connectivity index (χ1n) is 5.99. The molecule has 1 heterocycles. The minimum absolute atomic E-state index is 0.717. The Balaban J connectivity index is 2.17. The van der Waals surface area contributed by atoms with Crippen LogP contribution in [0.4, 0.5) is 0 Å². The van der Waals surface area contributed by atoms with E-state index in [9.17, 15) is 0 Å². The summed E-state index contributed by atoms with van der Waals surface area (Å²) < 4.78 is 5.19. The first kappa shape index (κ1) is 12.5. The molecule has 1 aromatic carbocycles. The summed E-state index contributed by atoms with van der Waals surface area (Å²) in [4.78, 5) is 8.74. The van der Waals surface area contributed by atoms with Crippen molar-refractivity contribution in [2.24, 2.45) is 0 Å². The minimum Gasteiger partial charge on any atom is -0.497 e. The molecule has 0 spiro atoms. The van der Waals surface area contributed by atoms with Crippen LogP contribution >= 0.6 is 0 Å². The molecule has 2 rings (SSSR count). The van der Waals surface area contributed by atoms with E-state index >= 15 is 0 Å². The first-order chi connectivity index (χ1) is 8.83. The van der Waals surface area contributed by atoms with Crippen LogP contribution in [0, 0.1) is 0 Å². The van der Waals surface area contributed by atoms with E-state index in [4.69, 9.17) is 4.74 Å². The third-order valence-corrected chi connectivity index (χ3v) is 2.61. The van der Waals surface area contributed by atoms with Gasteiger partial charge >= 0.3 is 0 Å². The molecular weight excluding hydrogens is 226 g/mol. The van der Waals surface area contributed by atoms with Crippen LogP contribution in [-0.2, 0) is 6.54 Å². The largest absolute Gasteiger partial charge is 0.497 e. The van der Waals surface area contributed by atoms with Gasteiger partial charge in [0.1, 0.15) is 5.75 Å². The van der Waals surface area contributed by atoms with Crippen molar-refractivity contribution in [3.8, 4) is 17.1 Å². The van der Waals surface area contributed by atoms with E-state index in [0.717, 1.165) is 30.0 Å². The lowest BCUT2D eigenvalue weighted by atomic mass is 10.2. The molecule has 0 atom stereocenters. The van der Waals surface area contributed by atoms with Gasteiger partial charge in [0.2, 0.25) is 0 Å². The van der Waals surface area contributed by atoms with Gasteiger partial charge in [-0.15, -0.1) is 0 Å². The second-order valence-corrected chi connectivity index (χ2v) is 3.93. The van der Waals surface area contributed by atoms with Gasteiger partial charge in [0.15, 0.2) is 5.82 Å². The van der Waals surface area contributed by atoms with Crippen LogP contribution in [0.1, 0.15) is 12.5 Å². The Hall–Kier alpha value is -1.94. The number of ether oxygens (including phenoxy) is 1. The quantitative estimate of drug-likeness (QED) is 0.875. The molecule has 0 aliphatic rings. The standard InChI is InChI=1S/C14H17N3O/c1-3-15-8-11-9-16-14(17-10-11)12-5-4-6-13(7-12)18-2/h4-7,9-10,15H,3,8H2,1-2H3. The lowest BCUT2D eigenvalue weighted by Gasteiger charge is -2.05. The maximum atomic E-state index is 5.19. The molecule has 1 N–H and O–H groups in total. The number of nitrogens with one attached hydrogen (secondary N) is 1. The molecule has 0 unspecified atom stereocenters. The zero-order valence-corrected chi connectivity index (χ0v) is 10.7. The van der Waals surface area contributed by atoms with E-state index in [1.165, 1.54) is 0 Å². The molecule has 0 radical (unpaired) electrons. The van der Waals surface area contributed by atoms with Gasteiger partial charge < -0.3 is 10.1 Å². The number of rotatable bonds is 5. The molecule has 4 nitrogen and oxygen atoms in total. The Morgan fingerprint density at radius 3 is 2.67 bits per heavy atom. The molecule has 0 bridgehead atoms. The van der Waals surface area contributed by atoms with Crippen molar-refractivity contribution in [2.75, 3.05) is 13.7 Å². The van der Waals surface area contributed by atoms with Gasteiger partial charge in [0.25, 0.3) is 0 Å². The normalized spacial score (nSPS) is 10.3. The monoisotopic (exact) mass is 243 g/mol. The van der Waals surface area contributed by atoms with Gasteiger partial charge in [-0.1, -0.05) is 19.1 Å². The Morgan fingerprint density at radius 1 is 1.22 bits per heavy atom. The maximum absolute atomic E-state index is 5.19. The molecular formula is C14H17N3O. The SMILES string of the molecule is CCNCc1cnc(-c2cccc(OC)c2)nc1. The highest BCUT2D eigenvalue weighted by molar-refractivity contribution is 5.57. The van der Waals surface area contributed by atoms with E-state index in [1.807, 2.05) is 36.7 Å². The first-order valence-corrected chi connectivity index (χ1v) is 5.99. The summed E-state index contributed by atoms with van der Waals surface area (Å²) in [6, 6.07) is 7.74. The molecule has 0 aliphatic carbocycles. The Labute approximate surface area is 107 Å². The third-order valence-electron chi connectivity index (χ3n) is 2.61. The number of methoxy groups -OCH3 is 1. The van der Waals surface area contributed by atoms with E-state index in [-0.39, 0.29) is 0 Å². The van der Waals surface area contributed by atoms with Crippen molar-refractivity contribution in [3.05, 3.63) is 42.2 Å². The van der Waals surface area contributed by atoms with Crippen LogP contribution in [0.3, 0.4) is 0 Å². The highest BCUT2D eigenvalue weighted by Gasteiger charge is 2.02. The van der Waals surface area contributed by atoms with Crippen LogP contribution in [0.15, 0.2) is 36.7 Å². The number of hydrogen-bond acceptors (Lipinski definition) is 4. The lowest BCUT2D eigenvalue weighted by molar-refractivity contribution is 0.415. The molecule has 4 heteroatoms. The summed E-state index contributed by atoms with van der Waals surface area (Å²) in [7, 11) is 1.65. The fourth-order valence-electron chi connectivity index (χ4n) is 1.63. The smallest absolute Gasteiger partial charge is 0.159 e. The predicted molar refractivity (Wildman–Crippen MR) is 71.4 cm³/mol. The Kier molecular flexibility index (Phi) is 4.25. The lowest BCUT2D eigenvalue weighted by Crippen LogP contribution is -2.12. The van der Waals surface area contributed by atoms with Crippen molar-refractivity contribution in [3.63, 3.8) is 0 Å². The van der Waals surface area contributed by atoms with Crippen LogP contribution in [0.5, 0.6) is 5.75 Å². The van der Waals surface area contributed by atoms with E-state index < -0.39 is 0 Å². The number of aromatic nitrogens is 2. The van der Waals surface area contributed by atoms with Gasteiger partial charge in [-0.2, -0.15) is 0 Å². The Morgan fingerprint density at radius 2 is 2.00 bits per heavy atom. The van der Waals surface area contributed by atoms with E-state index in [1.54, 1.807) is 7.11 Å². The van der Waals surface area contributed by atoms with E-state index in [2.05, 4.69) is 22.2 Å². The summed E-state index contributed by atoms with van der Waals surface area (Å²) in [6.45, 7) is 3.82. The van der Waals surface area contributed by atoms with Gasteiger partial charge in [-0.25, -0.2) is 9.97 Å².